The van der Waals surface area contributed by atoms with Gasteiger partial charge in [0.25, 0.3) is 0 Å². The molecule has 0 unspecified atom stereocenters. The molecule has 0 N–H and O–H groups in total. The molecule has 0 aliphatic rings. The zero-order chi connectivity index (χ0) is 28.3. The van der Waals surface area contributed by atoms with Crippen LogP contribution in [0.15, 0.2) is 77.3 Å². The van der Waals surface area contributed by atoms with E-state index >= 15 is 0 Å². The number of fused-ring (bicyclic) bond motifs is 3. The van der Waals surface area contributed by atoms with Crippen LogP contribution in [0, 0.1) is 19.6 Å². The van der Waals surface area contributed by atoms with E-state index in [4.69, 9.17) is 15.4 Å². The molecule has 0 fully saturated rings. The molecule has 0 radical (unpaired) electrons. The summed E-state index contributed by atoms with van der Waals surface area (Å²) in [5.41, 5.74) is 3.57. The molecule has 5 rings (SSSR count). The molecule has 0 spiro atoms. The highest BCUT2D eigenvalue weighted by atomic mass is 16.3. The van der Waals surface area contributed by atoms with E-state index in [-0.39, 0.29) is 22.6 Å². The number of pyridine rings is 1. The first kappa shape index (κ1) is 12.5. The Morgan fingerprint density at radius 3 is 2.52 bits per heavy atom. The molecule has 5 aromatic rings. The van der Waals surface area contributed by atoms with Gasteiger partial charge in [0.1, 0.15) is 11.2 Å². The second-order valence-corrected chi connectivity index (χ2v) is 7.96. The molecule has 2 heterocycles. The Hall–Kier alpha value is -3.39. The summed E-state index contributed by atoms with van der Waals surface area (Å²) in [6.45, 7) is -1.13. The minimum Gasteiger partial charge on any atom is -0.455 e. The summed E-state index contributed by atoms with van der Waals surface area (Å²) in [6.07, 6.45) is 0.0131. The summed E-state index contributed by atoms with van der Waals surface area (Å²) in [7, 11) is 0. The van der Waals surface area contributed by atoms with E-state index in [2.05, 4.69) is 4.98 Å². The third kappa shape index (κ3) is 3.53. The minimum atomic E-state index is -2.52. The van der Waals surface area contributed by atoms with Gasteiger partial charge < -0.3 is 4.42 Å². The van der Waals surface area contributed by atoms with Crippen LogP contribution in [0.2, 0.25) is 0 Å². The Morgan fingerprint density at radius 1 is 0.903 bits per heavy atom. The normalized spacial score (nSPS) is 16.7. The molecular weight excluding hydrogens is 378 g/mol. The van der Waals surface area contributed by atoms with E-state index in [9.17, 15) is 0 Å². The van der Waals surface area contributed by atoms with Crippen molar-refractivity contribution in [3.05, 3.63) is 89.6 Å². The third-order valence-electron chi connectivity index (χ3n) is 5.35. The second-order valence-electron chi connectivity index (χ2n) is 7.96. The number of benzene rings is 3. The van der Waals surface area contributed by atoms with Crippen molar-refractivity contribution < 1.29 is 15.4 Å². The summed E-state index contributed by atoms with van der Waals surface area (Å²) >= 11 is 0. The molecule has 0 bridgehead atoms. The van der Waals surface area contributed by atoms with Gasteiger partial charge in [-0.2, -0.15) is 0 Å². The lowest BCUT2D eigenvalue weighted by Crippen LogP contribution is -1.95. The number of aromatic nitrogens is 1. The van der Waals surface area contributed by atoms with Crippen molar-refractivity contribution >= 4 is 21.9 Å². The summed E-state index contributed by atoms with van der Waals surface area (Å²) in [6, 6.07) is 18.6. The minimum absolute atomic E-state index is 0.0432. The van der Waals surface area contributed by atoms with Crippen molar-refractivity contribution in [3.63, 3.8) is 0 Å². The molecule has 3 aromatic carbocycles. The summed E-state index contributed by atoms with van der Waals surface area (Å²) in [5, 5.41) is 1.35. The van der Waals surface area contributed by atoms with Crippen LogP contribution in [-0.2, 0) is 6.37 Å². The maximum atomic E-state index is 8.50. The van der Waals surface area contributed by atoms with Crippen molar-refractivity contribution in [2.45, 2.75) is 33.9 Å². The van der Waals surface area contributed by atoms with Gasteiger partial charge in [-0.25, -0.2) is 0 Å². The van der Waals surface area contributed by atoms with Crippen LogP contribution in [0.1, 0.15) is 41.5 Å². The van der Waals surface area contributed by atoms with Gasteiger partial charge in [-0.05, 0) is 67.0 Å². The van der Waals surface area contributed by atoms with Gasteiger partial charge in [-0.3, -0.25) is 4.98 Å². The Balaban J connectivity index is 1.74. The third-order valence-corrected chi connectivity index (χ3v) is 5.35. The molecule has 31 heavy (non-hydrogen) atoms. The maximum Gasteiger partial charge on any atom is 0.144 e. The monoisotopic (exact) mass is 413 g/mol. The number of hydrogen-bond acceptors (Lipinski definition) is 2. The highest BCUT2D eigenvalue weighted by molar-refractivity contribution is 6.11. The van der Waals surface area contributed by atoms with Crippen molar-refractivity contribution in [1.82, 2.24) is 4.98 Å². The molecule has 0 amide bonds. The first-order chi connectivity index (χ1) is 18.2. The van der Waals surface area contributed by atoms with Gasteiger partial charge in [-0.1, -0.05) is 61.9 Å². The van der Waals surface area contributed by atoms with Crippen LogP contribution < -0.4 is 0 Å². The van der Waals surface area contributed by atoms with E-state index in [0.717, 1.165) is 5.39 Å². The predicted molar refractivity (Wildman–Crippen MR) is 130 cm³/mol. The molecule has 2 nitrogen and oxygen atoms in total. The van der Waals surface area contributed by atoms with Crippen LogP contribution in [0.5, 0.6) is 0 Å². The molecule has 2 aromatic heterocycles. The zero-order valence-electron chi connectivity index (χ0n) is 25.4. The van der Waals surface area contributed by atoms with Crippen LogP contribution in [0.3, 0.4) is 0 Å². The molecule has 0 aliphatic heterocycles. The number of para-hydroxylation sites is 1. The Kier molecular flexibility index (Phi) is 3.09. The molecule has 0 saturated heterocycles. The van der Waals surface area contributed by atoms with Crippen LogP contribution in [-0.4, -0.2) is 4.98 Å². The first-order valence-corrected chi connectivity index (χ1v) is 10.3. The Morgan fingerprint density at radius 2 is 1.74 bits per heavy atom. The van der Waals surface area contributed by atoms with Gasteiger partial charge in [0, 0.05) is 39.1 Å². The molecule has 0 atom stereocenters. The lowest BCUT2D eigenvalue weighted by molar-refractivity contribution is 0.647. The number of hydrogen-bond donors (Lipinski definition) is 0. The Bertz CT molecular complexity index is 1680. The van der Waals surface area contributed by atoms with Crippen molar-refractivity contribution in [2.75, 3.05) is 0 Å². The Labute approximate surface area is 194 Å². The van der Waals surface area contributed by atoms with Gasteiger partial charge in [0.15, 0.2) is 0 Å². The number of furan rings is 1. The molecule has 154 valence electrons. The maximum absolute atomic E-state index is 8.50. The van der Waals surface area contributed by atoms with Crippen LogP contribution >= 0.6 is 0 Å². The fourth-order valence-corrected chi connectivity index (χ4v) is 3.95. The molecule has 0 saturated carbocycles. The topological polar surface area (TPSA) is 26.0 Å². The van der Waals surface area contributed by atoms with E-state index in [1.54, 1.807) is 36.5 Å². The predicted octanol–water partition coefficient (Wildman–Crippen LogP) is 8.13. The molecular formula is C29H27NO. The SMILES string of the molecule is [2H]C([2H])([2H])c1ccc(-c2ccc3c(oc4c(-c5cc(C([2H])([2H])C(C)C)ccn5)cccc43)c2C([2H])([2H])[2H])cc1. The fraction of sp³-hybridized carbons (Fsp3) is 0.207. The van der Waals surface area contributed by atoms with Crippen molar-refractivity contribution in [2.24, 2.45) is 5.92 Å². The number of rotatable bonds is 4. The fourth-order valence-electron chi connectivity index (χ4n) is 3.95. The summed E-state index contributed by atoms with van der Waals surface area (Å²) in [5.74, 6) is -0.246. The number of nitrogens with zero attached hydrogens (tertiary/aromatic N) is 1. The van der Waals surface area contributed by atoms with Gasteiger partial charge in [0.2, 0.25) is 0 Å². The molecule has 0 aliphatic carbocycles. The quantitative estimate of drug-likeness (QED) is 0.297. The smallest absolute Gasteiger partial charge is 0.144 e. The van der Waals surface area contributed by atoms with Crippen molar-refractivity contribution in [1.29, 1.82) is 0 Å². The lowest BCUT2D eigenvalue weighted by atomic mass is 9.97. The number of aryl methyl sites for hydroxylation is 2. The first-order valence-electron chi connectivity index (χ1n) is 14.3. The standard InChI is InChI=1S/C29H27NO/c1-18(2)16-21-14-15-30-27(17-21)26-7-5-6-24-25-13-12-23(20(4)28(25)31-29(24)26)22-10-8-19(3)9-11-22/h5-15,17-18H,16H2,1-4H3/i3D3,4D3,16D2. The van der Waals surface area contributed by atoms with Gasteiger partial charge >= 0.3 is 0 Å². The van der Waals surface area contributed by atoms with E-state index < -0.39 is 20.1 Å². The van der Waals surface area contributed by atoms with Crippen molar-refractivity contribution in [3.8, 4) is 22.4 Å². The lowest BCUT2D eigenvalue weighted by Gasteiger charge is -2.07. The zero-order valence-corrected chi connectivity index (χ0v) is 17.4. The van der Waals surface area contributed by atoms with E-state index in [1.807, 2.05) is 38.1 Å². The van der Waals surface area contributed by atoms with Gasteiger partial charge in [0.05, 0.1) is 5.69 Å². The highest BCUT2D eigenvalue weighted by Gasteiger charge is 2.16. The average molecular weight is 414 g/mol. The average Bonchev–Trinajstić information content (AvgIpc) is 3.25. The van der Waals surface area contributed by atoms with Crippen LogP contribution in [0.4, 0.5) is 0 Å². The molecule has 2 heteroatoms. The summed E-state index contributed by atoms with van der Waals surface area (Å²) in [4.78, 5) is 4.48. The van der Waals surface area contributed by atoms with E-state index in [0.29, 0.717) is 38.9 Å². The summed E-state index contributed by atoms with van der Waals surface area (Å²) < 4.78 is 71.2. The second kappa shape index (κ2) is 7.70. The highest BCUT2D eigenvalue weighted by Crippen LogP contribution is 2.39. The van der Waals surface area contributed by atoms with Gasteiger partial charge in [-0.15, -0.1) is 0 Å². The largest absolute Gasteiger partial charge is 0.455 e. The van der Waals surface area contributed by atoms with Crippen LogP contribution in [0.25, 0.3) is 44.3 Å². The van der Waals surface area contributed by atoms with E-state index in [1.165, 1.54) is 12.1 Å².